The maximum atomic E-state index is 12.3. The molecule has 3 N–H and O–H groups in total. The summed E-state index contributed by atoms with van der Waals surface area (Å²) in [5.74, 6) is 1.24. The summed E-state index contributed by atoms with van der Waals surface area (Å²) in [5, 5.41) is 0.164. The van der Waals surface area contributed by atoms with E-state index in [2.05, 4.69) is 11.6 Å². The fourth-order valence-corrected chi connectivity index (χ4v) is 4.55. The Morgan fingerprint density at radius 2 is 1.86 bits per heavy atom. The minimum atomic E-state index is -3.56. The molecule has 4 nitrogen and oxygen atoms in total. The molecule has 0 aliphatic heterocycles. The van der Waals surface area contributed by atoms with Gasteiger partial charge in [0.1, 0.15) is 4.90 Å². The summed E-state index contributed by atoms with van der Waals surface area (Å²) in [5.41, 5.74) is 6.04. The van der Waals surface area contributed by atoms with Crippen LogP contribution in [-0.2, 0) is 10.0 Å². The number of halogens is 1. The van der Waals surface area contributed by atoms with Gasteiger partial charge in [0, 0.05) is 12.2 Å². The van der Waals surface area contributed by atoms with Gasteiger partial charge < -0.3 is 5.73 Å². The van der Waals surface area contributed by atoms with Crippen molar-refractivity contribution in [2.75, 3.05) is 12.3 Å². The van der Waals surface area contributed by atoms with Crippen LogP contribution in [0.15, 0.2) is 23.1 Å². The van der Waals surface area contributed by atoms with Crippen molar-refractivity contribution in [2.45, 2.75) is 43.9 Å². The second-order valence-electron chi connectivity index (χ2n) is 5.84. The normalized spacial score (nSPS) is 23.1. The van der Waals surface area contributed by atoms with E-state index in [4.69, 9.17) is 17.3 Å². The van der Waals surface area contributed by atoms with Gasteiger partial charge in [0.25, 0.3) is 0 Å². The molecule has 1 aliphatic carbocycles. The van der Waals surface area contributed by atoms with Gasteiger partial charge in [-0.25, -0.2) is 13.1 Å². The number of sulfonamides is 1. The highest BCUT2D eigenvalue weighted by Crippen LogP contribution is 2.30. The van der Waals surface area contributed by atoms with E-state index in [1.54, 1.807) is 6.07 Å². The van der Waals surface area contributed by atoms with Gasteiger partial charge in [-0.1, -0.05) is 37.8 Å². The van der Waals surface area contributed by atoms with Crippen molar-refractivity contribution in [2.24, 2.45) is 11.8 Å². The molecular weight excluding hydrogens is 308 g/mol. The van der Waals surface area contributed by atoms with Gasteiger partial charge in [0.15, 0.2) is 0 Å². The van der Waals surface area contributed by atoms with E-state index >= 15 is 0 Å². The third-order valence-corrected chi connectivity index (χ3v) is 6.26. The molecule has 6 heteroatoms. The van der Waals surface area contributed by atoms with Gasteiger partial charge in [0.05, 0.1) is 5.02 Å². The van der Waals surface area contributed by atoms with Crippen LogP contribution >= 0.6 is 11.6 Å². The summed E-state index contributed by atoms with van der Waals surface area (Å²) >= 11 is 5.97. The predicted octanol–water partition coefficient (Wildman–Crippen LogP) is 3.42. The van der Waals surface area contributed by atoms with Gasteiger partial charge >= 0.3 is 0 Å². The van der Waals surface area contributed by atoms with Crippen LogP contribution in [0.2, 0.25) is 5.02 Å². The van der Waals surface area contributed by atoms with Crippen molar-refractivity contribution in [3.63, 3.8) is 0 Å². The number of hydrogen-bond donors (Lipinski definition) is 2. The van der Waals surface area contributed by atoms with Crippen LogP contribution in [-0.4, -0.2) is 15.0 Å². The summed E-state index contributed by atoms with van der Waals surface area (Å²) in [6.45, 7) is 2.70. The second kappa shape index (κ2) is 6.99. The number of hydrogen-bond acceptors (Lipinski definition) is 3. The molecule has 0 saturated heterocycles. The third-order valence-electron chi connectivity index (χ3n) is 4.35. The highest BCUT2D eigenvalue weighted by molar-refractivity contribution is 7.89. The quantitative estimate of drug-likeness (QED) is 0.812. The molecule has 0 atom stereocenters. The van der Waals surface area contributed by atoms with Crippen molar-refractivity contribution in [1.29, 1.82) is 0 Å². The van der Waals surface area contributed by atoms with E-state index in [0.717, 1.165) is 18.8 Å². The zero-order valence-corrected chi connectivity index (χ0v) is 13.9. The maximum Gasteiger partial charge on any atom is 0.242 e. The molecule has 118 valence electrons. The Morgan fingerprint density at radius 3 is 2.43 bits per heavy atom. The van der Waals surface area contributed by atoms with Crippen LogP contribution in [0.1, 0.15) is 39.0 Å². The average molecular weight is 331 g/mol. The van der Waals surface area contributed by atoms with Crippen molar-refractivity contribution in [3.05, 3.63) is 23.2 Å². The van der Waals surface area contributed by atoms with E-state index in [1.165, 1.54) is 31.4 Å². The Morgan fingerprint density at radius 1 is 1.24 bits per heavy atom. The smallest absolute Gasteiger partial charge is 0.242 e. The predicted molar refractivity (Wildman–Crippen MR) is 86.8 cm³/mol. The Labute approximate surface area is 132 Å². The Kier molecular flexibility index (Phi) is 5.52. The fraction of sp³-hybridized carbons (Fsp3) is 0.600. The minimum absolute atomic E-state index is 0.0978. The molecule has 1 aromatic rings. The minimum Gasteiger partial charge on any atom is -0.399 e. The Hall–Kier alpha value is -0.780. The third kappa shape index (κ3) is 4.34. The number of benzene rings is 1. The lowest BCUT2D eigenvalue weighted by atomic mass is 9.81. The van der Waals surface area contributed by atoms with Gasteiger partial charge in [-0.3, -0.25) is 0 Å². The van der Waals surface area contributed by atoms with Crippen LogP contribution in [0.25, 0.3) is 0 Å². The standard InChI is InChI=1S/C15H23ClN2O2S/c1-2-11-3-5-12(6-4-11)10-18-21(19,20)15-8-7-13(17)9-14(15)16/h7-9,11-12,18H,2-6,10,17H2,1H3. The molecule has 0 radical (unpaired) electrons. The van der Waals surface area contributed by atoms with Crippen LogP contribution < -0.4 is 10.5 Å². The summed E-state index contributed by atoms with van der Waals surface area (Å²) in [6, 6.07) is 4.46. The van der Waals surface area contributed by atoms with Crippen LogP contribution in [0, 0.1) is 11.8 Å². The van der Waals surface area contributed by atoms with Crippen LogP contribution in [0.3, 0.4) is 0 Å². The lowest BCUT2D eigenvalue weighted by molar-refractivity contribution is 0.270. The first kappa shape index (κ1) is 16.6. The highest BCUT2D eigenvalue weighted by atomic mass is 35.5. The molecular formula is C15H23ClN2O2S. The first-order chi connectivity index (χ1) is 9.92. The van der Waals surface area contributed by atoms with E-state index in [-0.39, 0.29) is 9.92 Å². The first-order valence-electron chi connectivity index (χ1n) is 7.47. The van der Waals surface area contributed by atoms with E-state index in [9.17, 15) is 8.42 Å². The Balaban J connectivity index is 1.96. The molecule has 0 spiro atoms. The zero-order chi connectivity index (χ0) is 15.5. The molecule has 0 bridgehead atoms. The molecule has 1 saturated carbocycles. The lowest BCUT2D eigenvalue weighted by Crippen LogP contribution is -2.31. The number of rotatable bonds is 5. The molecule has 21 heavy (non-hydrogen) atoms. The summed E-state index contributed by atoms with van der Waals surface area (Å²) in [7, 11) is -3.56. The highest BCUT2D eigenvalue weighted by Gasteiger charge is 2.23. The van der Waals surface area contributed by atoms with Crippen molar-refractivity contribution >= 4 is 27.3 Å². The number of anilines is 1. The summed E-state index contributed by atoms with van der Waals surface area (Å²) < 4.78 is 27.3. The lowest BCUT2D eigenvalue weighted by Gasteiger charge is -2.27. The monoisotopic (exact) mass is 330 g/mol. The van der Waals surface area contributed by atoms with Crippen molar-refractivity contribution in [3.8, 4) is 0 Å². The topological polar surface area (TPSA) is 72.2 Å². The van der Waals surface area contributed by atoms with Crippen LogP contribution in [0.4, 0.5) is 5.69 Å². The van der Waals surface area contributed by atoms with Gasteiger partial charge in [0.2, 0.25) is 10.0 Å². The number of nitrogen functional groups attached to an aromatic ring is 1. The molecule has 0 unspecified atom stereocenters. The van der Waals surface area contributed by atoms with E-state index in [1.807, 2.05) is 0 Å². The summed E-state index contributed by atoms with van der Waals surface area (Å²) in [4.78, 5) is 0.0978. The van der Waals surface area contributed by atoms with Crippen molar-refractivity contribution in [1.82, 2.24) is 4.72 Å². The largest absolute Gasteiger partial charge is 0.399 e. The van der Waals surface area contributed by atoms with E-state index in [0.29, 0.717) is 18.2 Å². The van der Waals surface area contributed by atoms with Gasteiger partial charge in [-0.05, 0) is 42.9 Å². The van der Waals surface area contributed by atoms with Gasteiger partial charge in [-0.15, -0.1) is 0 Å². The zero-order valence-electron chi connectivity index (χ0n) is 12.3. The maximum absolute atomic E-state index is 12.3. The van der Waals surface area contributed by atoms with Crippen molar-refractivity contribution < 1.29 is 8.42 Å². The van der Waals surface area contributed by atoms with Crippen LogP contribution in [0.5, 0.6) is 0 Å². The molecule has 0 heterocycles. The number of nitrogens with one attached hydrogen (secondary N) is 1. The molecule has 1 aliphatic rings. The molecule has 1 aromatic carbocycles. The molecule has 2 rings (SSSR count). The van der Waals surface area contributed by atoms with Gasteiger partial charge in [-0.2, -0.15) is 0 Å². The Bertz CT molecular complexity index is 581. The molecule has 0 aromatic heterocycles. The SMILES string of the molecule is CCC1CCC(CNS(=O)(=O)c2ccc(N)cc2Cl)CC1. The summed E-state index contributed by atoms with van der Waals surface area (Å²) in [6.07, 6.45) is 5.81. The fourth-order valence-electron chi connectivity index (χ4n) is 2.88. The molecule has 1 fully saturated rings. The number of nitrogens with two attached hydrogens (primary N) is 1. The van der Waals surface area contributed by atoms with E-state index < -0.39 is 10.0 Å². The first-order valence-corrected chi connectivity index (χ1v) is 9.33. The average Bonchev–Trinajstić information content (AvgIpc) is 2.45. The second-order valence-corrected chi connectivity index (χ2v) is 7.98. The molecule has 0 amide bonds.